The molecule has 2 heterocycles. The number of amides is 1. The minimum absolute atomic E-state index is 0.000493. The van der Waals surface area contributed by atoms with Gasteiger partial charge in [-0.3, -0.25) is 14.9 Å². The number of thioether (sulfide) groups is 1. The van der Waals surface area contributed by atoms with E-state index in [0.29, 0.717) is 20.5 Å². The molecule has 4 rings (SSSR count). The molecule has 2 aromatic heterocycles. The molecule has 2 aromatic carbocycles. The first-order valence-corrected chi connectivity index (χ1v) is 9.31. The van der Waals surface area contributed by atoms with Crippen LogP contribution in [0.2, 0.25) is 0 Å². The summed E-state index contributed by atoms with van der Waals surface area (Å²) in [6.07, 6.45) is 0. The summed E-state index contributed by atoms with van der Waals surface area (Å²) in [4.78, 5) is 34.3. The number of hydrogen-bond acceptors (Lipinski definition) is 7. The van der Waals surface area contributed by atoms with E-state index in [9.17, 15) is 14.9 Å². The number of aromatic amines is 1. The number of H-pyrrole nitrogens is 1. The molecule has 0 saturated carbocycles. The molecular weight excluding hydrogens is 374 g/mol. The first-order valence-electron chi connectivity index (χ1n) is 7.51. The van der Waals surface area contributed by atoms with Crippen molar-refractivity contribution in [1.29, 1.82) is 0 Å². The second-order valence-electron chi connectivity index (χ2n) is 5.32. The van der Waals surface area contributed by atoms with Crippen molar-refractivity contribution >= 4 is 61.1 Å². The predicted molar refractivity (Wildman–Crippen MR) is 102 cm³/mol. The molecule has 130 valence electrons. The second-order valence-corrected chi connectivity index (χ2v) is 7.32. The Morgan fingerprint density at radius 3 is 2.88 bits per heavy atom. The maximum atomic E-state index is 12.1. The largest absolute Gasteiger partial charge is 0.333 e. The monoisotopic (exact) mass is 385 g/mol. The first-order chi connectivity index (χ1) is 12.6. The molecule has 0 aliphatic heterocycles. The first kappa shape index (κ1) is 16.5. The van der Waals surface area contributed by atoms with E-state index in [2.05, 4.69) is 20.3 Å². The van der Waals surface area contributed by atoms with Crippen molar-refractivity contribution in [1.82, 2.24) is 15.0 Å². The van der Waals surface area contributed by atoms with Gasteiger partial charge in [0.1, 0.15) is 0 Å². The zero-order valence-corrected chi connectivity index (χ0v) is 14.8. The third-order valence-electron chi connectivity index (χ3n) is 3.54. The number of nitro benzene ring substituents is 1. The number of aromatic nitrogens is 3. The van der Waals surface area contributed by atoms with Gasteiger partial charge in [0.05, 0.1) is 31.9 Å². The van der Waals surface area contributed by atoms with E-state index in [-0.39, 0.29) is 17.3 Å². The summed E-state index contributed by atoms with van der Waals surface area (Å²) in [6, 6.07) is 12.1. The average molecular weight is 385 g/mol. The number of para-hydroxylation sites is 2. The van der Waals surface area contributed by atoms with Crippen LogP contribution in [0.3, 0.4) is 0 Å². The zero-order valence-electron chi connectivity index (χ0n) is 13.1. The zero-order chi connectivity index (χ0) is 18.1. The molecule has 0 saturated heterocycles. The summed E-state index contributed by atoms with van der Waals surface area (Å²) in [7, 11) is 0. The molecule has 2 N–H and O–H groups in total. The Hall–Kier alpha value is -2.98. The van der Waals surface area contributed by atoms with Crippen molar-refractivity contribution in [3.05, 3.63) is 52.6 Å². The molecule has 0 aliphatic rings. The lowest BCUT2D eigenvalue weighted by Gasteiger charge is -1.99. The van der Waals surface area contributed by atoms with Crippen LogP contribution in [-0.4, -0.2) is 31.5 Å². The third kappa shape index (κ3) is 3.37. The fourth-order valence-electron chi connectivity index (χ4n) is 2.37. The number of nitrogens with one attached hydrogen (secondary N) is 2. The van der Waals surface area contributed by atoms with Crippen LogP contribution >= 0.6 is 23.1 Å². The number of fused-ring (bicyclic) bond motifs is 2. The van der Waals surface area contributed by atoms with E-state index in [1.165, 1.54) is 35.2 Å². The molecule has 4 aromatic rings. The van der Waals surface area contributed by atoms with Gasteiger partial charge in [-0.25, -0.2) is 9.97 Å². The lowest BCUT2D eigenvalue weighted by molar-refractivity contribution is -0.384. The van der Waals surface area contributed by atoms with E-state index in [1.54, 1.807) is 6.07 Å². The Balaban J connectivity index is 1.42. The Labute approximate surface area is 154 Å². The smallest absolute Gasteiger partial charge is 0.270 e. The van der Waals surface area contributed by atoms with Crippen LogP contribution in [0.25, 0.3) is 21.3 Å². The van der Waals surface area contributed by atoms with Gasteiger partial charge in [0, 0.05) is 12.1 Å². The fourth-order valence-corrected chi connectivity index (χ4v) is 3.97. The van der Waals surface area contributed by atoms with Gasteiger partial charge in [0.25, 0.3) is 5.69 Å². The van der Waals surface area contributed by atoms with Crippen molar-refractivity contribution in [3.63, 3.8) is 0 Å². The number of nitrogens with zero attached hydrogens (tertiary/aromatic N) is 3. The van der Waals surface area contributed by atoms with Crippen LogP contribution in [0, 0.1) is 10.1 Å². The Morgan fingerprint density at radius 1 is 1.23 bits per heavy atom. The molecule has 0 aliphatic carbocycles. The number of carbonyl (C=O) groups is 1. The van der Waals surface area contributed by atoms with Crippen LogP contribution in [0.15, 0.2) is 47.6 Å². The fraction of sp³-hybridized carbons (Fsp3) is 0.0625. The number of carbonyl (C=O) groups excluding carboxylic acids is 1. The Bertz CT molecular complexity index is 1100. The van der Waals surface area contributed by atoms with Gasteiger partial charge >= 0.3 is 0 Å². The summed E-state index contributed by atoms with van der Waals surface area (Å²) < 4.78 is 0.652. The molecule has 26 heavy (non-hydrogen) atoms. The van der Waals surface area contributed by atoms with Crippen LogP contribution in [-0.2, 0) is 4.79 Å². The summed E-state index contributed by atoms with van der Waals surface area (Å²) in [5, 5.41) is 14.6. The van der Waals surface area contributed by atoms with Crippen molar-refractivity contribution in [2.45, 2.75) is 5.16 Å². The number of nitro groups is 1. The van der Waals surface area contributed by atoms with E-state index in [1.807, 2.05) is 24.3 Å². The van der Waals surface area contributed by atoms with Crippen molar-refractivity contribution < 1.29 is 9.72 Å². The summed E-state index contributed by atoms with van der Waals surface area (Å²) in [5.74, 6) is -0.0420. The minimum atomic E-state index is -0.457. The van der Waals surface area contributed by atoms with E-state index >= 15 is 0 Å². The highest BCUT2D eigenvalue weighted by Crippen LogP contribution is 2.29. The number of thiazole rings is 1. The predicted octanol–water partition coefficient (Wildman–Crippen LogP) is 3.81. The topological polar surface area (TPSA) is 114 Å². The third-order valence-corrected chi connectivity index (χ3v) is 5.34. The summed E-state index contributed by atoms with van der Waals surface area (Å²) in [6.45, 7) is 0. The van der Waals surface area contributed by atoms with Crippen molar-refractivity contribution in [3.8, 4) is 0 Å². The van der Waals surface area contributed by atoms with Gasteiger partial charge in [0.15, 0.2) is 10.3 Å². The quantitative estimate of drug-likeness (QED) is 0.307. The summed E-state index contributed by atoms with van der Waals surface area (Å²) >= 11 is 2.50. The molecular formula is C16H11N5O3S2. The van der Waals surface area contributed by atoms with Gasteiger partial charge in [-0.05, 0) is 18.2 Å². The van der Waals surface area contributed by atoms with Gasteiger partial charge in [0.2, 0.25) is 5.91 Å². The second kappa shape index (κ2) is 6.73. The van der Waals surface area contributed by atoms with Crippen LogP contribution in [0.5, 0.6) is 0 Å². The number of non-ortho nitro benzene ring substituents is 1. The van der Waals surface area contributed by atoms with Gasteiger partial charge in [-0.15, -0.1) is 0 Å². The minimum Gasteiger partial charge on any atom is -0.333 e. The van der Waals surface area contributed by atoms with Gasteiger partial charge < -0.3 is 10.3 Å². The number of anilines is 1. The number of hydrogen-bond donors (Lipinski definition) is 2. The molecule has 10 heteroatoms. The maximum absolute atomic E-state index is 12.1. The van der Waals surface area contributed by atoms with Crippen molar-refractivity contribution in [2.24, 2.45) is 0 Å². The lowest BCUT2D eigenvalue weighted by atomic mass is 10.3. The van der Waals surface area contributed by atoms with E-state index in [0.717, 1.165) is 11.0 Å². The molecule has 8 nitrogen and oxygen atoms in total. The SMILES string of the molecule is O=C(CSc1nc2ccccc2[nH]1)Nc1nc2ccc([N+](=O)[O-])cc2s1. The standard InChI is InChI=1S/C16H11N5O3S2/c22-14(8-25-15-17-10-3-1-2-4-11(10)18-15)20-16-19-12-6-5-9(21(23)24)7-13(12)26-16/h1-7H,8H2,(H,17,18)(H,19,20,22). The molecule has 0 bridgehead atoms. The van der Waals surface area contributed by atoms with Crippen molar-refractivity contribution in [2.75, 3.05) is 11.1 Å². The number of imidazole rings is 1. The molecule has 0 fully saturated rings. The number of rotatable bonds is 5. The summed E-state index contributed by atoms with van der Waals surface area (Å²) in [5.41, 5.74) is 2.38. The maximum Gasteiger partial charge on any atom is 0.270 e. The van der Waals surface area contributed by atoms with Gasteiger partial charge in [-0.1, -0.05) is 35.2 Å². The van der Waals surface area contributed by atoms with Crippen LogP contribution in [0.1, 0.15) is 0 Å². The highest BCUT2D eigenvalue weighted by Gasteiger charge is 2.13. The molecule has 0 spiro atoms. The van der Waals surface area contributed by atoms with Crippen LogP contribution < -0.4 is 5.32 Å². The molecule has 0 unspecified atom stereocenters. The highest BCUT2D eigenvalue weighted by molar-refractivity contribution is 7.99. The molecule has 0 atom stereocenters. The van der Waals surface area contributed by atoms with Gasteiger partial charge in [-0.2, -0.15) is 0 Å². The van der Waals surface area contributed by atoms with E-state index in [4.69, 9.17) is 0 Å². The van der Waals surface area contributed by atoms with Crippen LogP contribution in [0.4, 0.5) is 10.8 Å². The van der Waals surface area contributed by atoms with E-state index < -0.39 is 4.92 Å². The Kier molecular flexibility index (Phi) is 4.27. The Morgan fingerprint density at radius 2 is 2.08 bits per heavy atom. The number of benzene rings is 2. The lowest BCUT2D eigenvalue weighted by Crippen LogP contribution is -2.13. The average Bonchev–Trinajstić information content (AvgIpc) is 3.21. The molecule has 1 amide bonds. The molecule has 0 radical (unpaired) electrons. The normalized spacial score (nSPS) is 11.1. The highest BCUT2D eigenvalue weighted by atomic mass is 32.2.